The molecule has 0 bridgehead atoms. The van der Waals surface area contributed by atoms with Gasteiger partial charge in [-0.05, 0) is 54.4 Å². The molecule has 0 N–H and O–H groups in total. The van der Waals surface area contributed by atoms with Gasteiger partial charge in [0.2, 0.25) is 0 Å². The number of nitrogens with zero attached hydrogens (tertiary/aromatic N) is 2. The molecule has 11 heteroatoms. The summed E-state index contributed by atoms with van der Waals surface area (Å²) in [7, 11) is 0. The van der Waals surface area contributed by atoms with Crippen molar-refractivity contribution in [1.82, 2.24) is 0 Å². The maximum Gasteiger partial charge on any atom is 0.461 e. The molecule has 3 aromatic rings. The van der Waals surface area contributed by atoms with Crippen molar-refractivity contribution in [3.8, 4) is 5.75 Å². The van der Waals surface area contributed by atoms with Crippen LogP contribution >= 0.6 is 0 Å². The first kappa shape index (κ1) is 27.2. The molecule has 1 aliphatic heterocycles. The van der Waals surface area contributed by atoms with Gasteiger partial charge in [0, 0.05) is 12.1 Å². The Morgan fingerprint density at radius 2 is 1.58 bits per heavy atom. The van der Waals surface area contributed by atoms with E-state index in [9.17, 15) is 35.5 Å². The zero-order valence-corrected chi connectivity index (χ0v) is 19.8. The van der Waals surface area contributed by atoms with E-state index < -0.39 is 48.0 Å². The lowest BCUT2D eigenvalue weighted by Gasteiger charge is -2.25. The summed E-state index contributed by atoms with van der Waals surface area (Å²) in [5, 5.41) is 0. The molecule has 0 spiro atoms. The molecule has 38 heavy (non-hydrogen) atoms. The van der Waals surface area contributed by atoms with Gasteiger partial charge in [-0.3, -0.25) is 14.7 Å². The summed E-state index contributed by atoms with van der Waals surface area (Å²) in [6, 6.07) is 16.6. The summed E-state index contributed by atoms with van der Waals surface area (Å²) < 4.78 is 95.7. The first-order valence-corrected chi connectivity index (χ1v) is 11.4. The maximum atomic E-state index is 13.5. The van der Waals surface area contributed by atoms with E-state index in [1.54, 1.807) is 19.1 Å². The van der Waals surface area contributed by atoms with Crippen LogP contribution in [0, 0.1) is 0 Å². The number of aliphatic imine (C=N–C) groups is 1. The molecule has 0 radical (unpaired) electrons. The number of benzene rings is 3. The van der Waals surface area contributed by atoms with Crippen molar-refractivity contribution in [3.63, 3.8) is 0 Å². The SMILES string of the molecule is C[C@@H](N=C1C[C@@H](c2cccc(OC(F)(F)C(F)F)c2)N(c2ccc(C(F)(F)F)cc2)C1=O)c1ccccc1. The van der Waals surface area contributed by atoms with Crippen LogP contribution in [0.15, 0.2) is 83.9 Å². The predicted octanol–water partition coefficient (Wildman–Crippen LogP) is 7.62. The van der Waals surface area contributed by atoms with Crippen LogP contribution in [0.5, 0.6) is 5.75 Å². The third-order valence-corrected chi connectivity index (χ3v) is 6.02. The molecule has 1 heterocycles. The smallest absolute Gasteiger partial charge is 0.428 e. The predicted molar refractivity (Wildman–Crippen MR) is 127 cm³/mol. The second-order valence-electron chi connectivity index (χ2n) is 8.64. The van der Waals surface area contributed by atoms with E-state index in [1.807, 2.05) is 18.2 Å². The molecule has 1 amide bonds. The molecule has 1 saturated heterocycles. The van der Waals surface area contributed by atoms with E-state index in [4.69, 9.17) is 0 Å². The van der Waals surface area contributed by atoms with Crippen molar-refractivity contribution >= 4 is 17.3 Å². The molecular formula is C27H21F7N2O2. The molecule has 2 atom stereocenters. The van der Waals surface area contributed by atoms with Gasteiger partial charge in [-0.1, -0.05) is 42.5 Å². The Hall–Kier alpha value is -3.89. The Labute approximate surface area is 213 Å². The molecule has 4 nitrogen and oxygen atoms in total. The van der Waals surface area contributed by atoms with Gasteiger partial charge in [0.1, 0.15) is 11.5 Å². The number of halogens is 7. The van der Waals surface area contributed by atoms with Crippen molar-refractivity contribution in [3.05, 3.63) is 95.6 Å². The van der Waals surface area contributed by atoms with Crippen LogP contribution in [0.2, 0.25) is 0 Å². The summed E-state index contributed by atoms with van der Waals surface area (Å²) in [4.78, 5) is 19.2. The minimum atomic E-state index is -4.74. The van der Waals surface area contributed by atoms with Gasteiger partial charge in [0.25, 0.3) is 5.91 Å². The standard InChI is InChI=1S/C27H21F7N2O2/c1-16(17-6-3-2-4-7-17)35-22-15-23(18-8-5-9-21(14-18)38-27(33,34)25(28)29)36(24(22)37)20-12-10-19(11-13-20)26(30,31)32/h2-14,16,23,25H,15H2,1H3/t16-,23+/m1/s1. The van der Waals surface area contributed by atoms with Crippen LogP contribution < -0.4 is 9.64 Å². The van der Waals surface area contributed by atoms with Crippen molar-refractivity contribution in [2.24, 2.45) is 4.99 Å². The molecule has 0 saturated carbocycles. The lowest BCUT2D eigenvalue weighted by atomic mass is 10.0. The highest BCUT2D eigenvalue weighted by molar-refractivity contribution is 6.46. The summed E-state index contributed by atoms with van der Waals surface area (Å²) in [6.07, 6.45) is -13.4. The largest absolute Gasteiger partial charge is 0.461 e. The Morgan fingerprint density at radius 3 is 2.18 bits per heavy atom. The van der Waals surface area contributed by atoms with Crippen molar-refractivity contribution < 1.29 is 40.3 Å². The topological polar surface area (TPSA) is 41.9 Å². The van der Waals surface area contributed by atoms with Gasteiger partial charge in [-0.2, -0.15) is 30.7 Å². The molecule has 0 aliphatic carbocycles. The number of anilines is 1. The Kier molecular flexibility index (Phi) is 7.48. The minimum absolute atomic E-state index is 0.00821. The van der Waals surface area contributed by atoms with Gasteiger partial charge >= 0.3 is 18.7 Å². The second kappa shape index (κ2) is 10.5. The third-order valence-electron chi connectivity index (χ3n) is 6.02. The molecule has 3 aromatic carbocycles. The Bertz CT molecular complexity index is 1310. The summed E-state index contributed by atoms with van der Waals surface area (Å²) in [5.74, 6) is -1.14. The molecule has 1 fully saturated rings. The second-order valence-corrected chi connectivity index (χ2v) is 8.64. The number of carbonyl (C=O) groups is 1. The van der Waals surface area contributed by atoms with E-state index in [0.717, 1.165) is 42.0 Å². The Morgan fingerprint density at radius 1 is 0.921 bits per heavy atom. The van der Waals surface area contributed by atoms with Crippen molar-refractivity contribution in [1.29, 1.82) is 0 Å². The fourth-order valence-corrected chi connectivity index (χ4v) is 4.15. The first-order valence-electron chi connectivity index (χ1n) is 11.4. The number of hydrogen-bond donors (Lipinski definition) is 0. The third kappa shape index (κ3) is 5.81. The van der Waals surface area contributed by atoms with Crippen LogP contribution in [0.3, 0.4) is 0 Å². The van der Waals surface area contributed by atoms with E-state index in [0.29, 0.717) is 0 Å². The van der Waals surface area contributed by atoms with Crippen LogP contribution in [-0.4, -0.2) is 24.2 Å². The first-order chi connectivity index (χ1) is 17.9. The zero-order valence-electron chi connectivity index (χ0n) is 19.8. The Balaban J connectivity index is 1.73. The van der Waals surface area contributed by atoms with Crippen LogP contribution in [0.25, 0.3) is 0 Å². The molecule has 4 rings (SSSR count). The molecule has 200 valence electrons. The monoisotopic (exact) mass is 538 g/mol. The minimum Gasteiger partial charge on any atom is -0.428 e. The fourth-order valence-electron chi connectivity index (χ4n) is 4.15. The van der Waals surface area contributed by atoms with E-state index in [-0.39, 0.29) is 23.4 Å². The van der Waals surface area contributed by atoms with Gasteiger partial charge < -0.3 is 4.74 Å². The quantitative estimate of drug-likeness (QED) is 0.291. The van der Waals surface area contributed by atoms with E-state index >= 15 is 0 Å². The number of carbonyl (C=O) groups excluding carboxylic acids is 1. The highest BCUT2D eigenvalue weighted by Gasteiger charge is 2.44. The fraction of sp³-hybridized carbons (Fsp3) is 0.259. The number of amides is 1. The number of hydrogen-bond acceptors (Lipinski definition) is 3. The summed E-state index contributed by atoms with van der Waals surface area (Å²) >= 11 is 0. The lowest BCUT2D eigenvalue weighted by Crippen LogP contribution is -2.33. The number of rotatable bonds is 7. The average molecular weight is 538 g/mol. The molecule has 1 aliphatic rings. The summed E-state index contributed by atoms with van der Waals surface area (Å²) in [5.41, 5.74) is 0.395. The maximum absolute atomic E-state index is 13.5. The number of alkyl halides is 7. The van der Waals surface area contributed by atoms with Gasteiger partial charge in [0.15, 0.2) is 0 Å². The average Bonchev–Trinajstić information content (AvgIpc) is 3.19. The van der Waals surface area contributed by atoms with Crippen LogP contribution in [0.4, 0.5) is 36.4 Å². The normalized spacial score (nSPS) is 18.3. The van der Waals surface area contributed by atoms with Gasteiger partial charge in [-0.25, -0.2) is 0 Å². The van der Waals surface area contributed by atoms with Gasteiger partial charge in [0.05, 0.1) is 17.6 Å². The van der Waals surface area contributed by atoms with Gasteiger partial charge in [-0.15, -0.1) is 0 Å². The molecule has 0 unspecified atom stereocenters. The summed E-state index contributed by atoms with van der Waals surface area (Å²) in [6.45, 7) is 1.77. The van der Waals surface area contributed by atoms with Crippen LogP contribution in [-0.2, 0) is 11.0 Å². The van der Waals surface area contributed by atoms with E-state index in [2.05, 4.69) is 9.73 Å². The number of ether oxygens (including phenoxy) is 1. The highest BCUT2D eigenvalue weighted by Crippen LogP contribution is 2.40. The highest BCUT2D eigenvalue weighted by atomic mass is 19.4. The molecule has 0 aromatic heterocycles. The van der Waals surface area contributed by atoms with E-state index in [1.165, 1.54) is 17.0 Å². The van der Waals surface area contributed by atoms with Crippen molar-refractivity contribution in [2.75, 3.05) is 4.90 Å². The lowest BCUT2D eigenvalue weighted by molar-refractivity contribution is -0.253. The molecular weight excluding hydrogens is 517 g/mol. The zero-order chi connectivity index (χ0) is 27.7. The van der Waals surface area contributed by atoms with Crippen LogP contribution in [0.1, 0.15) is 42.1 Å². The van der Waals surface area contributed by atoms with Crippen molar-refractivity contribution in [2.45, 2.75) is 44.1 Å².